The number of amides is 1. The normalized spacial score (nSPS) is 13.6. The average molecular weight is 426 g/mol. The highest BCUT2D eigenvalue weighted by Gasteiger charge is 2.28. The molecule has 0 saturated carbocycles. The SMILES string of the molecule is COc1ccc(C(=O)N2CCCc3c(N)cccc32)cc1S(=O)(=O)N(C)C.Cl. The largest absolute Gasteiger partial charge is 0.495 e. The Labute approximate surface area is 171 Å². The summed E-state index contributed by atoms with van der Waals surface area (Å²) >= 11 is 0. The molecule has 2 N–H and O–H groups in total. The second-order valence-corrected chi connectivity index (χ2v) is 8.68. The first-order valence-corrected chi connectivity index (χ1v) is 10.0. The molecule has 1 aliphatic rings. The topological polar surface area (TPSA) is 92.9 Å². The lowest BCUT2D eigenvalue weighted by molar-refractivity contribution is 0.0985. The molecule has 3 rings (SSSR count). The average Bonchev–Trinajstić information content (AvgIpc) is 2.66. The molecule has 1 amide bonds. The molecule has 7 nitrogen and oxygen atoms in total. The fourth-order valence-electron chi connectivity index (χ4n) is 3.23. The number of nitrogen functional groups attached to an aromatic ring is 1. The first kappa shape index (κ1) is 22.0. The van der Waals surface area contributed by atoms with Crippen LogP contribution in [0.5, 0.6) is 5.75 Å². The maximum atomic E-state index is 13.2. The maximum absolute atomic E-state index is 13.2. The first-order valence-electron chi connectivity index (χ1n) is 8.57. The summed E-state index contributed by atoms with van der Waals surface area (Å²) in [7, 11) is 0.517. The zero-order chi connectivity index (χ0) is 19.8. The molecular formula is C19H24ClN3O4S. The van der Waals surface area contributed by atoms with Crippen LogP contribution in [0.1, 0.15) is 22.3 Å². The molecule has 152 valence electrons. The van der Waals surface area contributed by atoms with Crippen LogP contribution < -0.4 is 15.4 Å². The summed E-state index contributed by atoms with van der Waals surface area (Å²) in [6.45, 7) is 0.553. The van der Waals surface area contributed by atoms with E-state index in [2.05, 4.69) is 0 Å². The van der Waals surface area contributed by atoms with Crippen molar-refractivity contribution in [3.63, 3.8) is 0 Å². The van der Waals surface area contributed by atoms with Gasteiger partial charge in [-0.2, -0.15) is 0 Å². The minimum atomic E-state index is -3.76. The zero-order valence-electron chi connectivity index (χ0n) is 16.0. The Hall–Kier alpha value is -2.29. The maximum Gasteiger partial charge on any atom is 0.258 e. The number of rotatable bonds is 4. The Balaban J connectivity index is 0.00000280. The van der Waals surface area contributed by atoms with Gasteiger partial charge in [-0.05, 0) is 48.7 Å². The van der Waals surface area contributed by atoms with E-state index >= 15 is 0 Å². The van der Waals surface area contributed by atoms with Crippen LogP contribution in [-0.4, -0.2) is 46.4 Å². The number of sulfonamides is 1. The fraction of sp³-hybridized carbons (Fsp3) is 0.316. The van der Waals surface area contributed by atoms with Crippen LogP contribution in [0.3, 0.4) is 0 Å². The number of hydrogen-bond acceptors (Lipinski definition) is 5. The van der Waals surface area contributed by atoms with Gasteiger partial charge in [-0.3, -0.25) is 4.79 Å². The first-order chi connectivity index (χ1) is 12.8. The summed E-state index contributed by atoms with van der Waals surface area (Å²) in [5.41, 5.74) is 8.73. The third-order valence-corrected chi connectivity index (χ3v) is 6.54. The molecule has 0 aromatic heterocycles. The van der Waals surface area contributed by atoms with Crippen LogP contribution in [0.4, 0.5) is 11.4 Å². The van der Waals surface area contributed by atoms with E-state index in [9.17, 15) is 13.2 Å². The third-order valence-electron chi connectivity index (χ3n) is 4.70. The van der Waals surface area contributed by atoms with Gasteiger partial charge in [0.1, 0.15) is 10.6 Å². The lowest BCUT2D eigenvalue weighted by Crippen LogP contribution is -2.36. The van der Waals surface area contributed by atoms with Gasteiger partial charge in [0.05, 0.1) is 7.11 Å². The van der Waals surface area contributed by atoms with Gasteiger partial charge >= 0.3 is 0 Å². The highest BCUT2D eigenvalue weighted by Crippen LogP contribution is 2.33. The molecule has 1 aliphatic heterocycles. The molecule has 0 atom stereocenters. The van der Waals surface area contributed by atoms with E-state index in [0.717, 1.165) is 28.4 Å². The van der Waals surface area contributed by atoms with Crippen molar-refractivity contribution in [3.8, 4) is 5.75 Å². The summed E-state index contributed by atoms with van der Waals surface area (Å²) in [5, 5.41) is 0. The van der Waals surface area contributed by atoms with Crippen LogP contribution in [0, 0.1) is 0 Å². The smallest absolute Gasteiger partial charge is 0.258 e. The molecule has 2 aromatic rings. The Bertz CT molecular complexity index is 993. The number of carbonyl (C=O) groups excluding carboxylic acids is 1. The molecule has 0 bridgehead atoms. The summed E-state index contributed by atoms with van der Waals surface area (Å²) < 4.78 is 31.5. The zero-order valence-corrected chi connectivity index (χ0v) is 17.6. The Morgan fingerprint density at radius 1 is 1.21 bits per heavy atom. The number of carbonyl (C=O) groups is 1. The number of nitrogens with zero attached hydrogens (tertiary/aromatic N) is 2. The fourth-order valence-corrected chi connectivity index (χ4v) is 4.30. The molecule has 9 heteroatoms. The van der Waals surface area contributed by atoms with Gasteiger partial charge in [0.15, 0.2) is 0 Å². The van der Waals surface area contributed by atoms with Gasteiger partial charge in [-0.15, -0.1) is 12.4 Å². The van der Waals surface area contributed by atoms with Gasteiger partial charge in [-0.1, -0.05) is 6.07 Å². The van der Waals surface area contributed by atoms with Crippen molar-refractivity contribution in [2.45, 2.75) is 17.7 Å². The second-order valence-electron chi connectivity index (χ2n) is 6.56. The predicted octanol–water partition coefficient (Wildman–Crippen LogP) is 2.54. The summed E-state index contributed by atoms with van der Waals surface area (Å²) in [6, 6.07) is 9.96. The molecule has 0 saturated heterocycles. The Morgan fingerprint density at radius 3 is 2.57 bits per heavy atom. The van der Waals surface area contributed by atoms with E-state index < -0.39 is 10.0 Å². The van der Waals surface area contributed by atoms with Crippen molar-refractivity contribution in [1.82, 2.24) is 4.31 Å². The molecule has 0 radical (unpaired) electrons. The lowest BCUT2D eigenvalue weighted by Gasteiger charge is -2.30. The monoisotopic (exact) mass is 425 g/mol. The number of fused-ring (bicyclic) bond motifs is 1. The molecule has 0 spiro atoms. The molecule has 0 aliphatic carbocycles. The minimum absolute atomic E-state index is 0. The van der Waals surface area contributed by atoms with Gasteiger partial charge in [0.25, 0.3) is 5.91 Å². The number of methoxy groups -OCH3 is 1. The third kappa shape index (κ3) is 3.80. The van der Waals surface area contributed by atoms with Gasteiger partial charge in [0.2, 0.25) is 10.0 Å². The Morgan fingerprint density at radius 2 is 1.93 bits per heavy atom. The van der Waals surface area contributed by atoms with Crippen molar-refractivity contribution >= 4 is 39.7 Å². The molecule has 2 aromatic carbocycles. The van der Waals surface area contributed by atoms with Crippen molar-refractivity contribution < 1.29 is 17.9 Å². The van der Waals surface area contributed by atoms with Crippen LogP contribution in [0.2, 0.25) is 0 Å². The highest BCUT2D eigenvalue weighted by atomic mass is 35.5. The van der Waals surface area contributed by atoms with E-state index in [1.54, 1.807) is 11.0 Å². The number of halogens is 1. The van der Waals surface area contributed by atoms with Crippen molar-refractivity contribution in [2.75, 3.05) is 38.4 Å². The molecule has 0 fully saturated rings. The van der Waals surface area contributed by atoms with E-state index in [0.29, 0.717) is 12.2 Å². The predicted molar refractivity (Wildman–Crippen MR) is 112 cm³/mol. The van der Waals surface area contributed by atoms with E-state index in [1.165, 1.54) is 33.3 Å². The lowest BCUT2D eigenvalue weighted by atomic mass is 9.99. The van der Waals surface area contributed by atoms with Crippen LogP contribution in [-0.2, 0) is 16.4 Å². The summed E-state index contributed by atoms with van der Waals surface area (Å²) in [4.78, 5) is 14.8. The van der Waals surface area contributed by atoms with E-state index in [-0.39, 0.29) is 34.5 Å². The number of hydrogen-bond donors (Lipinski definition) is 1. The molecular weight excluding hydrogens is 402 g/mol. The van der Waals surface area contributed by atoms with Crippen molar-refractivity contribution in [3.05, 3.63) is 47.5 Å². The minimum Gasteiger partial charge on any atom is -0.495 e. The van der Waals surface area contributed by atoms with Crippen molar-refractivity contribution in [2.24, 2.45) is 0 Å². The van der Waals surface area contributed by atoms with E-state index in [1.807, 2.05) is 18.2 Å². The van der Waals surface area contributed by atoms with Gasteiger partial charge in [0, 0.05) is 37.6 Å². The standard InChI is InChI=1S/C19H23N3O4S.ClH/c1-21(2)27(24,25)18-12-13(9-10-17(18)26-3)19(23)22-11-5-6-14-15(20)7-4-8-16(14)22;/h4,7-10,12H,5-6,11,20H2,1-3H3;1H. The van der Waals surface area contributed by atoms with Crippen molar-refractivity contribution in [1.29, 1.82) is 0 Å². The highest BCUT2D eigenvalue weighted by molar-refractivity contribution is 7.89. The number of anilines is 2. The number of benzene rings is 2. The van der Waals surface area contributed by atoms with Crippen LogP contribution >= 0.6 is 12.4 Å². The summed E-state index contributed by atoms with van der Waals surface area (Å²) in [5.74, 6) is -0.0667. The molecule has 1 heterocycles. The second kappa shape index (κ2) is 8.38. The Kier molecular flexibility index (Phi) is 6.59. The number of nitrogens with two attached hydrogens (primary N) is 1. The van der Waals surface area contributed by atoms with Crippen LogP contribution in [0.15, 0.2) is 41.3 Å². The number of ether oxygens (including phenoxy) is 1. The summed E-state index contributed by atoms with van der Waals surface area (Å²) in [6.07, 6.45) is 1.61. The quantitative estimate of drug-likeness (QED) is 0.760. The van der Waals surface area contributed by atoms with E-state index in [4.69, 9.17) is 10.5 Å². The molecule has 28 heavy (non-hydrogen) atoms. The van der Waals surface area contributed by atoms with Gasteiger partial charge in [-0.25, -0.2) is 12.7 Å². The van der Waals surface area contributed by atoms with Gasteiger partial charge < -0.3 is 15.4 Å². The molecule has 0 unspecified atom stereocenters. The van der Waals surface area contributed by atoms with Crippen LogP contribution in [0.25, 0.3) is 0 Å².